The van der Waals surface area contributed by atoms with Crippen molar-refractivity contribution in [3.63, 3.8) is 0 Å². The lowest BCUT2D eigenvalue weighted by Gasteiger charge is -2.41. The van der Waals surface area contributed by atoms with Gasteiger partial charge in [0.1, 0.15) is 23.0 Å². The second-order valence-electron chi connectivity index (χ2n) is 12.8. The van der Waals surface area contributed by atoms with Crippen molar-refractivity contribution in [2.45, 2.75) is 9.79 Å². The SMILES string of the molecule is c1ccc(N2c3cc4c(cc3B3Sc5ccccc5Oc5cccc2c53)B2Sc3ccccc3Oc3cccc(c32)N4c2ccccc2)cc1. The van der Waals surface area contributed by atoms with E-state index >= 15 is 0 Å². The number of anilines is 6. The Balaban J connectivity index is 1.23. The van der Waals surface area contributed by atoms with E-state index in [2.05, 4.69) is 168 Å². The van der Waals surface area contributed by atoms with Crippen LogP contribution in [0.3, 0.4) is 0 Å². The van der Waals surface area contributed by atoms with E-state index in [0.29, 0.717) is 0 Å². The van der Waals surface area contributed by atoms with Gasteiger partial charge in [-0.2, -0.15) is 23.2 Å². The van der Waals surface area contributed by atoms with Crippen LogP contribution in [0.5, 0.6) is 23.0 Å². The molecule has 4 aliphatic rings. The van der Waals surface area contributed by atoms with Gasteiger partial charge in [0, 0.05) is 54.8 Å². The van der Waals surface area contributed by atoms with E-state index in [1.807, 2.05) is 23.2 Å². The number of benzene rings is 7. The average molecular weight is 676 g/mol. The van der Waals surface area contributed by atoms with Crippen LogP contribution in [-0.2, 0) is 0 Å². The summed E-state index contributed by atoms with van der Waals surface area (Å²) in [6.07, 6.45) is 0. The predicted molar refractivity (Wildman–Crippen MR) is 211 cm³/mol. The van der Waals surface area contributed by atoms with Crippen molar-refractivity contribution in [3.05, 3.63) is 158 Å². The van der Waals surface area contributed by atoms with Crippen molar-refractivity contribution in [1.82, 2.24) is 0 Å². The first kappa shape index (κ1) is 28.4. The number of ether oxygens (including phenoxy) is 2. The van der Waals surface area contributed by atoms with Crippen molar-refractivity contribution in [3.8, 4) is 23.0 Å². The third-order valence-corrected chi connectivity index (χ3v) is 12.6. The highest BCUT2D eigenvalue weighted by Crippen LogP contribution is 2.49. The second kappa shape index (κ2) is 11.0. The highest BCUT2D eigenvalue weighted by molar-refractivity contribution is 8.28. The smallest absolute Gasteiger partial charge is 0.289 e. The number of hydrogen-bond donors (Lipinski definition) is 0. The maximum Gasteiger partial charge on any atom is 0.289 e. The third kappa shape index (κ3) is 4.19. The monoisotopic (exact) mass is 676 g/mol. The Morgan fingerprint density at radius 1 is 0.380 bits per heavy atom. The highest BCUT2D eigenvalue weighted by atomic mass is 32.2. The molecule has 50 heavy (non-hydrogen) atoms. The third-order valence-electron chi connectivity index (χ3n) is 9.97. The number of fused-ring (bicyclic) bond motifs is 6. The van der Waals surface area contributed by atoms with E-state index in [-0.39, 0.29) is 12.0 Å². The summed E-state index contributed by atoms with van der Waals surface area (Å²) in [5.74, 6) is 3.64. The predicted octanol–water partition coefficient (Wildman–Crippen LogP) is 9.26. The molecule has 0 radical (unpaired) electrons. The first-order valence-corrected chi connectivity index (χ1v) is 18.6. The molecule has 0 N–H and O–H groups in total. The summed E-state index contributed by atoms with van der Waals surface area (Å²) in [6, 6.07) is 56.2. The normalized spacial score (nSPS) is 14.4. The van der Waals surface area contributed by atoms with Crippen LogP contribution < -0.4 is 41.1 Å². The molecular weight excluding hydrogens is 650 g/mol. The summed E-state index contributed by atoms with van der Waals surface area (Å²) in [7, 11) is 0. The molecule has 0 unspecified atom stereocenters. The van der Waals surface area contributed by atoms with Crippen LogP contribution in [0, 0.1) is 0 Å². The van der Waals surface area contributed by atoms with Gasteiger partial charge in [-0.3, -0.25) is 0 Å². The van der Waals surface area contributed by atoms with Crippen molar-refractivity contribution in [1.29, 1.82) is 0 Å². The zero-order chi connectivity index (χ0) is 32.8. The van der Waals surface area contributed by atoms with Gasteiger partial charge in [0.2, 0.25) is 0 Å². The zero-order valence-corrected chi connectivity index (χ0v) is 28.3. The Morgan fingerprint density at radius 3 is 1.28 bits per heavy atom. The Labute approximate surface area is 299 Å². The minimum Gasteiger partial charge on any atom is -0.457 e. The van der Waals surface area contributed by atoms with Crippen LogP contribution in [0.4, 0.5) is 34.1 Å². The highest BCUT2D eigenvalue weighted by Gasteiger charge is 2.45. The molecule has 0 fully saturated rings. The molecule has 0 saturated heterocycles. The molecule has 0 aromatic heterocycles. The largest absolute Gasteiger partial charge is 0.457 e. The fraction of sp³-hybridized carbons (Fsp3) is 0. The van der Waals surface area contributed by atoms with E-state index in [9.17, 15) is 0 Å². The van der Waals surface area contributed by atoms with Crippen LogP contribution in [0.1, 0.15) is 0 Å². The lowest BCUT2D eigenvalue weighted by atomic mass is 9.53. The lowest BCUT2D eigenvalue weighted by molar-refractivity contribution is 0.475. The molecule has 0 spiro atoms. The van der Waals surface area contributed by atoms with E-state index < -0.39 is 0 Å². The molecule has 4 nitrogen and oxygen atoms in total. The van der Waals surface area contributed by atoms with Crippen molar-refractivity contribution in [2.75, 3.05) is 9.80 Å². The maximum absolute atomic E-state index is 6.73. The molecule has 234 valence electrons. The minimum atomic E-state index is 0.0197. The van der Waals surface area contributed by atoms with Gasteiger partial charge in [-0.05, 0) is 89.8 Å². The molecule has 8 heteroatoms. The summed E-state index contributed by atoms with van der Waals surface area (Å²) < 4.78 is 13.5. The van der Waals surface area contributed by atoms with Gasteiger partial charge in [0.25, 0.3) is 12.0 Å². The number of rotatable bonds is 2. The van der Waals surface area contributed by atoms with Gasteiger partial charge >= 0.3 is 0 Å². The summed E-state index contributed by atoms with van der Waals surface area (Å²) in [6.45, 7) is 0. The molecule has 0 atom stereocenters. The Hall–Kier alpha value is -5.43. The molecule has 0 bridgehead atoms. The maximum atomic E-state index is 6.73. The van der Waals surface area contributed by atoms with E-state index in [1.165, 1.54) is 33.2 Å². The number of hydrogen-bond acceptors (Lipinski definition) is 6. The first-order chi connectivity index (χ1) is 24.8. The van der Waals surface area contributed by atoms with Gasteiger partial charge in [-0.15, -0.1) is 0 Å². The first-order valence-electron chi connectivity index (χ1n) is 16.8. The van der Waals surface area contributed by atoms with Crippen LogP contribution in [0.15, 0.2) is 168 Å². The minimum absolute atomic E-state index is 0.0197. The fourth-order valence-corrected chi connectivity index (χ4v) is 10.5. The van der Waals surface area contributed by atoms with Crippen molar-refractivity contribution < 1.29 is 9.47 Å². The van der Waals surface area contributed by atoms with Gasteiger partial charge in [-0.1, -0.05) is 78.9 Å². The second-order valence-corrected chi connectivity index (χ2v) is 15.1. The number of para-hydroxylation sites is 4. The molecule has 4 heterocycles. The Kier molecular flexibility index (Phi) is 6.27. The molecule has 7 aromatic rings. The van der Waals surface area contributed by atoms with Crippen molar-refractivity contribution >= 4 is 91.2 Å². The average Bonchev–Trinajstić information content (AvgIpc) is 3.45. The van der Waals surface area contributed by atoms with Crippen LogP contribution >= 0.6 is 23.2 Å². The van der Waals surface area contributed by atoms with Crippen LogP contribution in [0.2, 0.25) is 0 Å². The summed E-state index contributed by atoms with van der Waals surface area (Å²) >= 11 is 3.76. The Morgan fingerprint density at radius 2 is 0.800 bits per heavy atom. The molecule has 0 aliphatic carbocycles. The standard InChI is InChI=1S/C42H26B2N2O2S2/c1-3-13-27(14-4-1)45-31-17-11-21-37-41(31)43(49-39-23-9-7-19-35(39)47-37)29-25-30-34(26-33(29)45)46(28-15-5-2-6-16-28)32-18-12-22-38-42(32)44(30)50-40-24-10-8-20-36(40)48-38/h1-26H. The molecular formula is C42H26B2N2O2S2. The summed E-state index contributed by atoms with van der Waals surface area (Å²) in [5.41, 5.74) is 11.8. The molecule has 11 rings (SSSR count). The van der Waals surface area contributed by atoms with E-state index in [1.54, 1.807) is 0 Å². The molecule has 4 aliphatic heterocycles. The van der Waals surface area contributed by atoms with Crippen LogP contribution in [0.25, 0.3) is 0 Å². The molecule has 7 aromatic carbocycles. The van der Waals surface area contributed by atoms with E-state index in [0.717, 1.165) is 55.5 Å². The number of nitrogens with zero attached hydrogens (tertiary/aromatic N) is 2. The Bertz CT molecular complexity index is 2330. The van der Waals surface area contributed by atoms with Gasteiger partial charge in [-0.25, -0.2) is 0 Å². The van der Waals surface area contributed by atoms with Gasteiger partial charge < -0.3 is 19.3 Å². The topological polar surface area (TPSA) is 24.9 Å². The van der Waals surface area contributed by atoms with Gasteiger partial charge in [0.15, 0.2) is 0 Å². The van der Waals surface area contributed by atoms with E-state index in [4.69, 9.17) is 9.47 Å². The zero-order valence-electron chi connectivity index (χ0n) is 26.7. The summed E-state index contributed by atoms with van der Waals surface area (Å²) in [5, 5.41) is 0. The van der Waals surface area contributed by atoms with Crippen molar-refractivity contribution in [2.24, 2.45) is 0 Å². The molecule has 0 saturated carbocycles. The summed E-state index contributed by atoms with van der Waals surface area (Å²) in [4.78, 5) is 7.14. The van der Waals surface area contributed by atoms with Crippen LogP contribution in [-0.4, -0.2) is 12.0 Å². The lowest BCUT2D eigenvalue weighted by Crippen LogP contribution is -2.53. The van der Waals surface area contributed by atoms with Gasteiger partial charge in [0.05, 0.1) is 0 Å². The molecule has 0 amide bonds. The fourth-order valence-electron chi connectivity index (χ4n) is 7.86. The quantitative estimate of drug-likeness (QED) is 0.170.